The molecule has 2 N–H and O–H groups in total. The highest BCUT2D eigenvalue weighted by atomic mass is 32.1. The van der Waals surface area contributed by atoms with Crippen molar-refractivity contribution in [2.75, 3.05) is 52.5 Å². The van der Waals surface area contributed by atoms with Crippen LogP contribution in [0.25, 0.3) is 0 Å². The van der Waals surface area contributed by atoms with Gasteiger partial charge >= 0.3 is 24.3 Å². The molecule has 3 aliphatic rings. The van der Waals surface area contributed by atoms with E-state index >= 15 is 0 Å². The topological polar surface area (TPSA) is 99.5 Å². The zero-order valence-electron chi connectivity index (χ0n) is 19.1. The average molecular weight is 551 g/mol. The second kappa shape index (κ2) is 13.6. The van der Waals surface area contributed by atoms with E-state index in [2.05, 4.69) is 27.3 Å². The standard InChI is InChI=1S/C17H26N2O2S.2C2HF3O2/c1-2-15(22-9-1)11-19-4-3-16-14(10-19)13-21-17(16)12-18-5-7-20-8-6-18;2*3-2(4,5)1(6)7/h1-2,9,14,16-17H,3-8,10-13H2;2*(H,6,7)/t14-,16-,17+;;/m1../s1. The number of alkyl halides is 6. The highest BCUT2D eigenvalue weighted by Crippen LogP contribution is 2.35. The van der Waals surface area contributed by atoms with Gasteiger partial charge in [-0.1, -0.05) is 6.07 Å². The number of nitrogens with zero attached hydrogens (tertiary/aromatic N) is 2. The third-order valence-electron chi connectivity index (χ3n) is 5.87. The van der Waals surface area contributed by atoms with Gasteiger partial charge in [0.1, 0.15) is 0 Å². The average Bonchev–Trinajstić information content (AvgIpc) is 3.44. The van der Waals surface area contributed by atoms with Crippen LogP contribution in [0.3, 0.4) is 0 Å². The molecule has 3 aliphatic heterocycles. The molecule has 4 heterocycles. The van der Waals surface area contributed by atoms with Gasteiger partial charge in [0.05, 0.1) is 25.9 Å². The van der Waals surface area contributed by atoms with Crippen LogP contribution in [0.1, 0.15) is 11.3 Å². The van der Waals surface area contributed by atoms with Crippen LogP contribution in [0, 0.1) is 11.8 Å². The number of piperidine rings is 1. The summed E-state index contributed by atoms with van der Waals surface area (Å²) in [6.45, 7) is 9.53. The minimum Gasteiger partial charge on any atom is -0.475 e. The summed E-state index contributed by atoms with van der Waals surface area (Å²) in [7, 11) is 0. The van der Waals surface area contributed by atoms with Crippen LogP contribution in [0.2, 0.25) is 0 Å². The predicted octanol–water partition coefficient (Wildman–Crippen LogP) is 3.18. The van der Waals surface area contributed by atoms with Crippen molar-refractivity contribution in [1.29, 1.82) is 0 Å². The molecule has 0 saturated carbocycles. The van der Waals surface area contributed by atoms with Crippen molar-refractivity contribution in [3.05, 3.63) is 22.4 Å². The van der Waals surface area contributed by atoms with E-state index in [-0.39, 0.29) is 0 Å². The molecule has 0 amide bonds. The fourth-order valence-corrected chi connectivity index (χ4v) is 4.90. The minimum atomic E-state index is -5.08. The van der Waals surface area contributed by atoms with Crippen LogP contribution in [-0.2, 0) is 25.6 Å². The van der Waals surface area contributed by atoms with Crippen LogP contribution in [-0.4, -0.2) is 103 Å². The first-order chi connectivity index (χ1) is 16.8. The first-order valence-electron chi connectivity index (χ1n) is 11.0. The first-order valence-corrected chi connectivity index (χ1v) is 11.9. The van der Waals surface area contributed by atoms with Crippen LogP contribution in [0.4, 0.5) is 26.3 Å². The third kappa shape index (κ3) is 10.2. The van der Waals surface area contributed by atoms with E-state index in [4.69, 9.17) is 29.3 Å². The zero-order valence-corrected chi connectivity index (χ0v) is 19.9. The lowest BCUT2D eigenvalue weighted by molar-refractivity contribution is -0.193. The number of rotatable bonds is 4. The van der Waals surface area contributed by atoms with Crippen molar-refractivity contribution in [2.24, 2.45) is 11.8 Å². The van der Waals surface area contributed by atoms with Gasteiger partial charge in [0.25, 0.3) is 0 Å². The van der Waals surface area contributed by atoms with Gasteiger partial charge in [-0.05, 0) is 30.3 Å². The van der Waals surface area contributed by atoms with E-state index in [0.717, 1.165) is 57.8 Å². The molecule has 15 heteroatoms. The van der Waals surface area contributed by atoms with E-state index in [9.17, 15) is 26.3 Å². The lowest BCUT2D eigenvalue weighted by Gasteiger charge is -2.37. The molecule has 1 aromatic rings. The number of carboxylic acids is 2. The Bertz CT molecular complexity index is 793. The molecule has 0 radical (unpaired) electrons. The van der Waals surface area contributed by atoms with E-state index in [0.29, 0.717) is 6.10 Å². The number of carbonyl (C=O) groups is 2. The Labute approximate surface area is 207 Å². The number of ether oxygens (including phenoxy) is 2. The maximum absolute atomic E-state index is 10.6. The van der Waals surface area contributed by atoms with Gasteiger partial charge in [0, 0.05) is 43.5 Å². The number of fused-ring (bicyclic) bond motifs is 1. The van der Waals surface area contributed by atoms with Gasteiger partial charge in [0.2, 0.25) is 0 Å². The summed E-state index contributed by atoms with van der Waals surface area (Å²) in [6.07, 6.45) is -8.42. The highest BCUT2D eigenvalue weighted by Gasteiger charge is 2.41. The molecule has 0 spiro atoms. The molecule has 3 saturated heterocycles. The van der Waals surface area contributed by atoms with Crippen molar-refractivity contribution >= 4 is 23.3 Å². The highest BCUT2D eigenvalue weighted by molar-refractivity contribution is 7.09. The smallest absolute Gasteiger partial charge is 0.475 e. The SMILES string of the molecule is O=C(O)C(F)(F)F.O=C(O)C(F)(F)F.c1csc(CN2CC[C@@H]3[C@@H](CO[C@H]3CN3CCOCC3)C2)c1. The number of hydrogen-bond acceptors (Lipinski definition) is 7. The third-order valence-corrected chi connectivity index (χ3v) is 6.73. The van der Waals surface area contributed by atoms with Crippen molar-refractivity contribution in [3.8, 4) is 0 Å². The molecule has 206 valence electrons. The quantitative estimate of drug-likeness (QED) is 0.552. The molecule has 3 fully saturated rings. The van der Waals surface area contributed by atoms with Crippen molar-refractivity contribution < 1.29 is 55.6 Å². The van der Waals surface area contributed by atoms with E-state index in [1.807, 2.05) is 11.3 Å². The monoisotopic (exact) mass is 550 g/mol. The molecule has 0 bridgehead atoms. The first kappa shape index (κ1) is 30.3. The number of hydrogen-bond donors (Lipinski definition) is 2. The summed E-state index contributed by atoms with van der Waals surface area (Å²) in [4.78, 5) is 24.4. The lowest BCUT2D eigenvalue weighted by Crippen LogP contribution is -2.45. The summed E-state index contributed by atoms with van der Waals surface area (Å²) >= 11 is 1.87. The Morgan fingerprint density at radius 2 is 1.58 bits per heavy atom. The molecule has 36 heavy (non-hydrogen) atoms. The Morgan fingerprint density at radius 3 is 2.08 bits per heavy atom. The Morgan fingerprint density at radius 1 is 1.00 bits per heavy atom. The maximum atomic E-state index is 10.6. The van der Waals surface area contributed by atoms with Gasteiger partial charge in [-0.3, -0.25) is 9.80 Å². The normalized spacial score (nSPS) is 25.1. The largest absolute Gasteiger partial charge is 0.490 e. The van der Waals surface area contributed by atoms with Crippen LogP contribution in [0.5, 0.6) is 0 Å². The number of halogens is 6. The summed E-state index contributed by atoms with van der Waals surface area (Å²) in [5.41, 5.74) is 0. The van der Waals surface area contributed by atoms with Crippen LogP contribution < -0.4 is 0 Å². The number of morpholine rings is 1. The molecule has 1 aromatic heterocycles. The second-order valence-electron chi connectivity index (χ2n) is 8.42. The lowest BCUT2D eigenvalue weighted by atomic mass is 9.84. The summed E-state index contributed by atoms with van der Waals surface area (Å²) in [5, 5.41) is 16.4. The Balaban J connectivity index is 0.000000271. The fraction of sp³-hybridized carbons (Fsp3) is 0.714. The zero-order chi connectivity index (χ0) is 26.9. The molecular weight excluding hydrogens is 522 g/mol. The van der Waals surface area contributed by atoms with Crippen molar-refractivity contribution in [2.45, 2.75) is 31.4 Å². The number of carboxylic acid groups (broad SMARTS) is 2. The van der Waals surface area contributed by atoms with Gasteiger partial charge in [-0.15, -0.1) is 11.3 Å². The van der Waals surface area contributed by atoms with Crippen LogP contribution in [0.15, 0.2) is 17.5 Å². The predicted molar refractivity (Wildman–Crippen MR) is 116 cm³/mol. The van der Waals surface area contributed by atoms with E-state index in [1.54, 1.807) is 0 Å². The molecule has 4 rings (SSSR count). The van der Waals surface area contributed by atoms with Gasteiger partial charge in [0.15, 0.2) is 0 Å². The van der Waals surface area contributed by atoms with Gasteiger partial charge in [-0.2, -0.15) is 26.3 Å². The molecule has 3 atom stereocenters. The Hall–Kier alpha value is -1.94. The van der Waals surface area contributed by atoms with Gasteiger partial charge in [-0.25, -0.2) is 9.59 Å². The van der Waals surface area contributed by atoms with Gasteiger partial charge < -0.3 is 19.7 Å². The number of thiophene rings is 1. The molecule has 8 nitrogen and oxygen atoms in total. The minimum absolute atomic E-state index is 0.451. The second-order valence-corrected chi connectivity index (χ2v) is 9.45. The number of likely N-dealkylation sites (tertiary alicyclic amines) is 1. The Kier molecular flexibility index (Phi) is 11.4. The molecule has 0 aromatic carbocycles. The fourth-order valence-electron chi connectivity index (χ4n) is 4.16. The maximum Gasteiger partial charge on any atom is 0.490 e. The molecular formula is C21H28F6N2O6S. The number of aliphatic carboxylic acids is 2. The van der Waals surface area contributed by atoms with Crippen molar-refractivity contribution in [3.63, 3.8) is 0 Å². The summed E-state index contributed by atoms with van der Waals surface area (Å²) in [5.74, 6) is -4.01. The van der Waals surface area contributed by atoms with E-state index < -0.39 is 24.3 Å². The molecule has 0 aliphatic carbocycles. The van der Waals surface area contributed by atoms with Crippen LogP contribution >= 0.6 is 11.3 Å². The van der Waals surface area contributed by atoms with Crippen molar-refractivity contribution in [1.82, 2.24) is 9.80 Å². The summed E-state index contributed by atoms with van der Waals surface area (Å²) < 4.78 is 75.1. The summed E-state index contributed by atoms with van der Waals surface area (Å²) in [6, 6.07) is 4.41. The van der Waals surface area contributed by atoms with E-state index in [1.165, 1.54) is 24.4 Å². The molecule has 0 unspecified atom stereocenters.